The van der Waals surface area contributed by atoms with E-state index in [9.17, 15) is 0 Å². The Hall–Kier alpha value is 0.411. The Bertz CT molecular complexity index is 441. The molecule has 33 heavy (non-hydrogen) atoms. The van der Waals surface area contributed by atoms with Gasteiger partial charge in [0.1, 0.15) is 0 Å². The lowest BCUT2D eigenvalue weighted by molar-refractivity contribution is 0.0696. The van der Waals surface area contributed by atoms with Crippen molar-refractivity contribution in [3.8, 4) is 0 Å². The summed E-state index contributed by atoms with van der Waals surface area (Å²) in [5.41, 5.74) is 0. The highest BCUT2D eigenvalue weighted by Crippen LogP contribution is 2.39. The van der Waals surface area contributed by atoms with Crippen LogP contribution in [0.1, 0.15) is 81.6 Å². The number of ether oxygens (including phenoxy) is 3. The third-order valence-electron chi connectivity index (χ3n) is 5.33. The van der Waals surface area contributed by atoms with Crippen LogP contribution in [0, 0.1) is 17.8 Å². The van der Waals surface area contributed by atoms with Gasteiger partial charge in [0.2, 0.25) is 0 Å². The highest BCUT2D eigenvalue weighted by atomic mass is 28.5. The van der Waals surface area contributed by atoms with Crippen molar-refractivity contribution in [1.29, 1.82) is 0 Å². The van der Waals surface area contributed by atoms with Gasteiger partial charge in [-0.3, -0.25) is 0 Å². The van der Waals surface area contributed by atoms with Crippen LogP contribution in [-0.2, 0) is 26.6 Å². The second kappa shape index (κ2) is 15.5. The van der Waals surface area contributed by atoms with E-state index in [4.69, 9.17) is 26.6 Å². The van der Waals surface area contributed by atoms with Crippen LogP contribution in [0.25, 0.3) is 0 Å². The van der Waals surface area contributed by atoms with Crippen molar-refractivity contribution in [3.05, 3.63) is 0 Å². The summed E-state index contributed by atoms with van der Waals surface area (Å²) in [6.45, 7) is 22.0. The summed E-state index contributed by atoms with van der Waals surface area (Å²) in [6, 6.07) is 2.79. The molecule has 0 bridgehead atoms. The summed E-state index contributed by atoms with van der Waals surface area (Å²) < 4.78 is 40.0. The Morgan fingerprint density at radius 2 is 0.727 bits per heavy atom. The summed E-state index contributed by atoms with van der Waals surface area (Å²) in [6.07, 6.45) is 4.79. The van der Waals surface area contributed by atoms with Gasteiger partial charge in [-0.2, -0.15) is 0 Å². The molecule has 0 amide bonds. The third kappa shape index (κ3) is 11.3. The third-order valence-corrected chi connectivity index (χ3v) is 20.0. The lowest BCUT2D eigenvalue weighted by atomic mass is 10.2. The van der Waals surface area contributed by atoms with Gasteiger partial charge in [-0.15, -0.1) is 0 Å². The van der Waals surface area contributed by atoms with Crippen LogP contribution in [0.2, 0.25) is 18.1 Å². The normalized spacial score (nSPS) is 28.4. The van der Waals surface area contributed by atoms with E-state index in [-0.39, 0.29) is 0 Å². The van der Waals surface area contributed by atoms with Gasteiger partial charge < -0.3 is 26.6 Å². The van der Waals surface area contributed by atoms with Crippen LogP contribution in [0.4, 0.5) is 0 Å². The molecule has 0 N–H and O–H groups in total. The first-order chi connectivity index (χ1) is 15.6. The first kappa shape index (κ1) is 31.4. The van der Waals surface area contributed by atoms with Gasteiger partial charge in [0.25, 0.3) is 0 Å². The number of hydrogen-bond donors (Lipinski definition) is 0. The second-order valence-electron chi connectivity index (χ2n) is 11.0. The maximum atomic E-state index is 7.10. The minimum atomic E-state index is -2.63. The van der Waals surface area contributed by atoms with Crippen molar-refractivity contribution in [2.75, 3.05) is 38.5 Å². The van der Waals surface area contributed by atoms with Crippen LogP contribution in [-0.4, -0.2) is 64.2 Å². The fourth-order valence-corrected chi connectivity index (χ4v) is 21.9. The van der Waals surface area contributed by atoms with E-state index in [1.807, 2.05) is 0 Å². The van der Waals surface area contributed by atoms with Gasteiger partial charge in [0, 0.05) is 19.8 Å². The van der Waals surface area contributed by atoms with Gasteiger partial charge in [-0.05, 0) is 35.9 Å². The molecular weight excluding hydrogens is 469 g/mol. The van der Waals surface area contributed by atoms with Crippen molar-refractivity contribution < 1.29 is 26.6 Å². The SMILES string of the molecule is CCC[Si]1(COCC(C)C)O[Si](CCC)(COCC(C)C)O[Si](CCC)(COCC(C)C)O1. The molecule has 9 heteroatoms. The topological polar surface area (TPSA) is 55.4 Å². The molecule has 0 radical (unpaired) electrons. The fourth-order valence-electron chi connectivity index (χ4n) is 4.27. The largest absolute Gasteiger partial charge is 0.413 e. The molecule has 0 atom stereocenters. The van der Waals surface area contributed by atoms with E-state index >= 15 is 0 Å². The van der Waals surface area contributed by atoms with Crippen molar-refractivity contribution in [2.24, 2.45) is 17.8 Å². The first-order valence-electron chi connectivity index (χ1n) is 13.4. The van der Waals surface area contributed by atoms with Gasteiger partial charge in [0.05, 0.1) is 18.7 Å². The summed E-state index contributed by atoms with van der Waals surface area (Å²) in [5.74, 6) is 1.45. The Labute approximate surface area is 208 Å². The molecule has 0 aromatic heterocycles. The minimum Gasteiger partial charge on any atom is -0.413 e. The van der Waals surface area contributed by atoms with E-state index in [0.717, 1.165) is 57.2 Å². The van der Waals surface area contributed by atoms with Crippen molar-refractivity contribution in [3.63, 3.8) is 0 Å². The quantitative estimate of drug-likeness (QED) is 0.199. The summed E-state index contributed by atoms with van der Waals surface area (Å²) >= 11 is 0. The van der Waals surface area contributed by atoms with E-state index in [0.29, 0.717) is 36.4 Å². The average Bonchev–Trinajstić information content (AvgIpc) is 2.67. The zero-order valence-electron chi connectivity index (χ0n) is 23.2. The van der Waals surface area contributed by atoms with Crippen LogP contribution < -0.4 is 0 Å². The lowest BCUT2D eigenvalue weighted by Crippen LogP contribution is -2.74. The zero-order valence-corrected chi connectivity index (χ0v) is 26.2. The van der Waals surface area contributed by atoms with E-state index < -0.39 is 25.7 Å². The molecule has 1 aliphatic rings. The molecule has 1 rings (SSSR count). The van der Waals surface area contributed by atoms with Crippen LogP contribution in [0.15, 0.2) is 0 Å². The standard InChI is InChI=1S/C24H54O6Si3/c1-10-13-31(19-25-16-22(4)5)28-32(14-11-2,20-26-17-23(6)7)30-33(29-31,15-12-3)21-27-18-24(8)9/h22-24H,10-21H2,1-9H3. The predicted octanol–water partition coefficient (Wildman–Crippen LogP) is 6.24. The maximum absolute atomic E-state index is 7.10. The first-order valence-corrected chi connectivity index (χ1v) is 20.1. The summed E-state index contributed by atoms with van der Waals surface area (Å²) in [5, 5.41) is 0. The van der Waals surface area contributed by atoms with Crippen molar-refractivity contribution in [2.45, 2.75) is 99.7 Å². The van der Waals surface area contributed by atoms with E-state index in [2.05, 4.69) is 62.3 Å². The number of hydrogen-bond acceptors (Lipinski definition) is 6. The van der Waals surface area contributed by atoms with Gasteiger partial charge >= 0.3 is 25.7 Å². The Kier molecular flexibility index (Phi) is 14.8. The molecule has 1 heterocycles. The molecule has 0 unspecified atom stereocenters. The Morgan fingerprint density at radius 3 is 0.909 bits per heavy atom. The Balaban J connectivity index is 3.33. The number of rotatable bonds is 18. The predicted molar refractivity (Wildman–Crippen MR) is 143 cm³/mol. The molecule has 0 aromatic rings. The zero-order chi connectivity index (χ0) is 25.0. The smallest absolute Gasteiger partial charge is 0.347 e. The molecule has 198 valence electrons. The molecule has 6 nitrogen and oxygen atoms in total. The van der Waals surface area contributed by atoms with Gasteiger partial charge in [0.15, 0.2) is 0 Å². The monoisotopic (exact) mass is 522 g/mol. The molecular formula is C24H54O6Si3. The fraction of sp³-hybridized carbons (Fsp3) is 1.00. The molecule has 0 saturated carbocycles. The Morgan fingerprint density at radius 1 is 0.485 bits per heavy atom. The average molecular weight is 523 g/mol. The highest BCUT2D eigenvalue weighted by molar-refractivity contribution is 6.94. The minimum absolute atomic E-state index is 0.483. The molecule has 1 saturated heterocycles. The highest BCUT2D eigenvalue weighted by Gasteiger charge is 2.62. The van der Waals surface area contributed by atoms with Crippen molar-refractivity contribution in [1.82, 2.24) is 0 Å². The molecule has 0 aliphatic carbocycles. The van der Waals surface area contributed by atoms with Gasteiger partial charge in [-0.1, -0.05) is 81.6 Å². The van der Waals surface area contributed by atoms with Crippen molar-refractivity contribution >= 4 is 25.7 Å². The second-order valence-corrected chi connectivity index (χ2v) is 21.3. The molecule has 1 fully saturated rings. The summed E-state index contributed by atoms with van der Waals surface area (Å²) in [4.78, 5) is 0. The molecule has 1 aliphatic heterocycles. The van der Waals surface area contributed by atoms with Crippen LogP contribution in [0.5, 0.6) is 0 Å². The van der Waals surface area contributed by atoms with Gasteiger partial charge in [-0.25, -0.2) is 0 Å². The maximum Gasteiger partial charge on any atom is 0.347 e. The lowest BCUT2D eigenvalue weighted by Gasteiger charge is -2.53. The molecule has 0 spiro atoms. The van der Waals surface area contributed by atoms with Crippen LogP contribution in [0.3, 0.4) is 0 Å². The van der Waals surface area contributed by atoms with E-state index in [1.165, 1.54) is 0 Å². The van der Waals surface area contributed by atoms with E-state index in [1.54, 1.807) is 0 Å². The van der Waals surface area contributed by atoms with Crippen LogP contribution >= 0.6 is 0 Å². The molecule has 0 aromatic carbocycles. The summed E-state index contributed by atoms with van der Waals surface area (Å²) in [7, 11) is -7.90.